The Morgan fingerprint density at radius 2 is 1.27 bits per heavy atom. The fourth-order valence-electron chi connectivity index (χ4n) is 1.41. The van der Waals surface area contributed by atoms with E-state index in [9.17, 15) is 0 Å². The van der Waals surface area contributed by atoms with Gasteiger partial charge in [-0.05, 0) is 41.8 Å². The molecule has 0 aliphatic carbocycles. The van der Waals surface area contributed by atoms with Crippen molar-refractivity contribution >= 4 is 8.80 Å². The summed E-state index contributed by atoms with van der Waals surface area (Å²) >= 11 is 0. The Labute approximate surface area is 94.9 Å². The molecule has 0 fully saturated rings. The zero-order valence-corrected chi connectivity index (χ0v) is 11.9. The van der Waals surface area contributed by atoms with E-state index in [0.717, 1.165) is 0 Å². The predicted molar refractivity (Wildman–Crippen MR) is 63.8 cm³/mol. The Morgan fingerprint density at radius 3 is 1.47 bits per heavy atom. The van der Waals surface area contributed by atoms with Gasteiger partial charge in [0.25, 0.3) is 0 Å². The van der Waals surface area contributed by atoms with Crippen molar-refractivity contribution in [3.05, 3.63) is 0 Å². The third-order valence-electron chi connectivity index (χ3n) is 2.32. The van der Waals surface area contributed by atoms with Gasteiger partial charge in [-0.1, -0.05) is 0 Å². The Hall–Kier alpha value is 0.0569. The normalized spacial score (nSPS) is 14.6. The molecule has 1 atom stereocenters. The van der Waals surface area contributed by atoms with Crippen molar-refractivity contribution in [2.45, 2.75) is 33.4 Å². The Kier molecular flexibility index (Phi) is 7.38. The minimum absolute atomic E-state index is 0.178. The summed E-state index contributed by atoms with van der Waals surface area (Å²) in [5.41, 5.74) is 0.178. The van der Waals surface area contributed by atoms with E-state index < -0.39 is 8.80 Å². The fraction of sp³-hybridized carbons (Fsp3) is 1.00. The highest BCUT2D eigenvalue weighted by Gasteiger charge is 2.47. The maximum Gasteiger partial charge on any atom is 0.518 e. The third-order valence-corrected chi connectivity index (χ3v) is 5.94. The largest absolute Gasteiger partial charge is 0.518 e. The lowest BCUT2D eigenvalue weighted by Gasteiger charge is -2.36. The Bertz CT molecular complexity index is 150. The van der Waals surface area contributed by atoms with Crippen molar-refractivity contribution in [3.63, 3.8) is 0 Å². The van der Waals surface area contributed by atoms with Gasteiger partial charge in [-0.2, -0.15) is 0 Å². The molecule has 92 valence electrons. The molecule has 0 radical (unpaired) electrons. The van der Waals surface area contributed by atoms with Crippen molar-refractivity contribution in [2.24, 2.45) is 0 Å². The van der Waals surface area contributed by atoms with Crippen molar-refractivity contribution in [1.29, 1.82) is 0 Å². The van der Waals surface area contributed by atoms with Gasteiger partial charge in [0.2, 0.25) is 0 Å². The van der Waals surface area contributed by atoms with E-state index in [2.05, 4.69) is 11.8 Å². The zero-order valence-electron chi connectivity index (χ0n) is 10.9. The van der Waals surface area contributed by atoms with E-state index in [-0.39, 0.29) is 5.67 Å². The molecular weight excluding hydrogens is 210 g/mol. The van der Waals surface area contributed by atoms with E-state index in [1.54, 1.807) is 0 Å². The molecule has 0 spiro atoms. The monoisotopic (exact) mass is 235 g/mol. The molecular formula is C10H25NO3Si. The topological polar surface area (TPSA) is 30.9 Å². The summed E-state index contributed by atoms with van der Waals surface area (Å²) in [6, 6.07) is 0. The van der Waals surface area contributed by atoms with Crippen LogP contribution in [0.2, 0.25) is 0 Å². The van der Waals surface area contributed by atoms with Gasteiger partial charge in [-0.3, -0.25) is 0 Å². The van der Waals surface area contributed by atoms with Crippen LogP contribution in [0.4, 0.5) is 0 Å². The lowest BCUT2D eigenvalue weighted by atomic mass is 10.7. The van der Waals surface area contributed by atoms with Crippen LogP contribution in [-0.4, -0.2) is 53.3 Å². The summed E-state index contributed by atoms with van der Waals surface area (Å²) in [5.74, 6) is 0. The smallest absolute Gasteiger partial charge is 0.373 e. The zero-order chi connectivity index (χ0) is 11.9. The molecule has 0 heterocycles. The molecule has 15 heavy (non-hydrogen) atoms. The molecule has 0 saturated heterocycles. The average Bonchev–Trinajstić information content (AvgIpc) is 2.17. The van der Waals surface area contributed by atoms with E-state index in [4.69, 9.17) is 13.3 Å². The summed E-state index contributed by atoms with van der Waals surface area (Å²) in [5, 5.41) is 0. The first-order valence-corrected chi connectivity index (χ1v) is 7.42. The minimum Gasteiger partial charge on any atom is -0.373 e. The molecule has 0 amide bonds. The lowest BCUT2D eigenvalue weighted by molar-refractivity contribution is 0.0467. The van der Waals surface area contributed by atoms with Crippen LogP contribution in [-0.2, 0) is 13.3 Å². The molecule has 0 saturated carbocycles. The van der Waals surface area contributed by atoms with E-state index in [1.807, 2.05) is 34.9 Å². The Morgan fingerprint density at radius 1 is 0.933 bits per heavy atom. The van der Waals surface area contributed by atoms with Crippen molar-refractivity contribution in [1.82, 2.24) is 4.90 Å². The quantitative estimate of drug-likeness (QED) is 0.597. The predicted octanol–water partition coefficient (Wildman–Crippen LogP) is 1.52. The van der Waals surface area contributed by atoms with Gasteiger partial charge in [-0.15, -0.1) is 0 Å². The van der Waals surface area contributed by atoms with Gasteiger partial charge in [-0.25, -0.2) is 0 Å². The first-order chi connectivity index (χ1) is 7.04. The van der Waals surface area contributed by atoms with Crippen LogP contribution < -0.4 is 0 Å². The molecule has 5 heteroatoms. The van der Waals surface area contributed by atoms with Crippen LogP contribution >= 0.6 is 0 Å². The summed E-state index contributed by atoms with van der Waals surface area (Å²) in [4.78, 5) is 2.09. The van der Waals surface area contributed by atoms with Crippen molar-refractivity contribution in [3.8, 4) is 0 Å². The van der Waals surface area contributed by atoms with Crippen LogP contribution in [0.1, 0.15) is 27.7 Å². The lowest BCUT2D eigenvalue weighted by Crippen LogP contribution is -2.60. The van der Waals surface area contributed by atoms with Gasteiger partial charge in [0, 0.05) is 19.8 Å². The van der Waals surface area contributed by atoms with Crippen molar-refractivity contribution < 1.29 is 13.3 Å². The highest BCUT2D eigenvalue weighted by Crippen LogP contribution is 2.18. The summed E-state index contributed by atoms with van der Waals surface area (Å²) in [6.45, 7) is 9.90. The van der Waals surface area contributed by atoms with Crippen LogP contribution in [0.3, 0.4) is 0 Å². The molecule has 0 bridgehead atoms. The van der Waals surface area contributed by atoms with Gasteiger partial charge >= 0.3 is 8.80 Å². The number of hydrogen-bond acceptors (Lipinski definition) is 4. The number of nitrogens with zero attached hydrogens (tertiary/aromatic N) is 1. The second-order valence-electron chi connectivity index (χ2n) is 3.54. The average molecular weight is 235 g/mol. The molecule has 0 rings (SSSR count). The van der Waals surface area contributed by atoms with E-state index in [0.29, 0.717) is 19.8 Å². The third kappa shape index (κ3) is 4.20. The van der Waals surface area contributed by atoms with Gasteiger partial charge in [0.1, 0.15) is 0 Å². The molecule has 0 aliphatic heterocycles. The molecule has 0 N–H and O–H groups in total. The molecule has 0 aromatic carbocycles. The minimum atomic E-state index is -2.54. The fourth-order valence-corrected chi connectivity index (χ4v) is 4.22. The number of rotatable bonds is 8. The summed E-state index contributed by atoms with van der Waals surface area (Å²) < 4.78 is 17.4. The van der Waals surface area contributed by atoms with E-state index in [1.165, 1.54) is 0 Å². The first kappa shape index (κ1) is 15.1. The second-order valence-corrected chi connectivity index (χ2v) is 6.45. The molecule has 1 unspecified atom stereocenters. The van der Waals surface area contributed by atoms with Crippen LogP contribution in [0.25, 0.3) is 0 Å². The van der Waals surface area contributed by atoms with Crippen LogP contribution in [0.15, 0.2) is 0 Å². The molecule has 0 aromatic heterocycles. The highest BCUT2D eigenvalue weighted by atomic mass is 28.4. The van der Waals surface area contributed by atoms with E-state index >= 15 is 0 Å². The van der Waals surface area contributed by atoms with Gasteiger partial charge in [0.05, 0.1) is 5.67 Å². The Balaban J connectivity index is 4.73. The molecule has 0 aliphatic rings. The van der Waals surface area contributed by atoms with Crippen LogP contribution in [0, 0.1) is 0 Å². The molecule has 0 aromatic rings. The highest BCUT2D eigenvalue weighted by molar-refractivity contribution is 6.62. The first-order valence-electron chi connectivity index (χ1n) is 5.62. The summed E-state index contributed by atoms with van der Waals surface area (Å²) in [6.07, 6.45) is 0. The molecule has 4 nitrogen and oxygen atoms in total. The maximum atomic E-state index is 5.79. The second kappa shape index (κ2) is 7.35. The maximum absolute atomic E-state index is 5.79. The van der Waals surface area contributed by atoms with Crippen LogP contribution in [0.5, 0.6) is 0 Å². The SMILES string of the molecule is CCO[Si](OCC)(OCC)C(C)N(C)C. The van der Waals surface area contributed by atoms with Gasteiger partial charge < -0.3 is 18.2 Å². The standard InChI is InChI=1S/C10H25NO3Si/c1-7-12-15(13-8-2,14-9-3)10(4)11(5)6/h10H,7-9H2,1-6H3. The number of hydrogen-bond donors (Lipinski definition) is 0. The van der Waals surface area contributed by atoms with Crippen molar-refractivity contribution in [2.75, 3.05) is 33.9 Å². The van der Waals surface area contributed by atoms with Gasteiger partial charge in [0.15, 0.2) is 0 Å². The summed E-state index contributed by atoms with van der Waals surface area (Å²) in [7, 11) is 1.50.